The van der Waals surface area contributed by atoms with Crippen LogP contribution in [0.15, 0.2) is 53.4 Å². The lowest BCUT2D eigenvalue weighted by molar-refractivity contribution is -0.119. The number of ether oxygens (including phenoxy) is 1. The van der Waals surface area contributed by atoms with Crippen molar-refractivity contribution in [1.29, 1.82) is 0 Å². The highest BCUT2D eigenvalue weighted by Gasteiger charge is 2.19. The Balaban J connectivity index is 1.59. The van der Waals surface area contributed by atoms with Gasteiger partial charge < -0.3 is 15.0 Å². The summed E-state index contributed by atoms with van der Waals surface area (Å²) >= 11 is 1.85. The van der Waals surface area contributed by atoms with Crippen LogP contribution >= 0.6 is 11.8 Å². The number of carbonyl (C=O) groups is 1. The third kappa shape index (κ3) is 4.03. The zero-order valence-electron chi connectivity index (χ0n) is 13.8. The predicted octanol–water partition coefficient (Wildman–Crippen LogP) is 3.31. The fraction of sp³-hybridized carbons (Fsp3) is 0.316. The maximum Gasteiger partial charge on any atom is 0.239 e. The van der Waals surface area contributed by atoms with Gasteiger partial charge in [-0.25, -0.2) is 0 Å². The molecule has 0 atom stereocenters. The summed E-state index contributed by atoms with van der Waals surface area (Å²) in [6.45, 7) is 4.34. The quantitative estimate of drug-likeness (QED) is 0.874. The fourth-order valence-electron chi connectivity index (χ4n) is 2.76. The first-order valence-electron chi connectivity index (χ1n) is 8.22. The minimum absolute atomic E-state index is 0.0306. The Bertz CT molecular complexity index is 705. The van der Waals surface area contributed by atoms with Crippen LogP contribution in [0.5, 0.6) is 5.75 Å². The van der Waals surface area contributed by atoms with E-state index in [1.165, 1.54) is 4.90 Å². The molecular weight excluding hydrogens is 320 g/mol. The minimum Gasteiger partial charge on any atom is -0.494 e. The topological polar surface area (TPSA) is 41.6 Å². The van der Waals surface area contributed by atoms with Crippen LogP contribution in [0.4, 0.5) is 5.69 Å². The number of rotatable bonds is 6. The molecule has 0 bridgehead atoms. The molecule has 5 heteroatoms. The van der Waals surface area contributed by atoms with Gasteiger partial charge in [0.25, 0.3) is 0 Å². The highest BCUT2D eigenvalue weighted by molar-refractivity contribution is 7.99. The molecule has 3 rings (SSSR count). The monoisotopic (exact) mass is 342 g/mol. The number of hydrogen-bond acceptors (Lipinski definition) is 4. The number of carbonyl (C=O) groups excluding carboxylic acids is 1. The van der Waals surface area contributed by atoms with Crippen LogP contribution in [-0.2, 0) is 11.3 Å². The van der Waals surface area contributed by atoms with E-state index in [1.807, 2.05) is 55.1 Å². The Morgan fingerprint density at radius 1 is 1.21 bits per heavy atom. The van der Waals surface area contributed by atoms with Crippen LogP contribution < -0.4 is 15.0 Å². The molecule has 0 aliphatic carbocycles. The van der Waals surface area contributed by atoms with Crippen molar-refractivity contribution in [3.05, 3.63) is 54.1 Å². The zero-order chi connectivity index (χ0) is 16.8. The van der Waals surface area contributed by atoms with Gasteiger partial charge >= 0.3 is 0 Å². The van der Waals surface area contributed by atoms with Crippen molar-refractivity contribution in [3.8, 4) is 5.75 Å². The molecule has 0 radical (unpaired) electrons. The molecule has 1 N–H and O–H groups in total. The summed E-state index contributed by atoms with van der Waals surface area (Å²) in [4.78, 5) is 15.8. The number of amides is 1. The van der Waals surface area contributed by atoms with Gasteiger partial charge in [0.15, 0.2) is 0 Å². The van der Waals surface area contributed by atoms with Gasteiger partial charge in [-0.2, -0.15) is 0 Å². The molecule has 4 nitrogen and oxygen atoms in total. The first kappa shape index (κ1) is 16.7. The van der Waals surface area contributed by atoms with Crippen molar-refractivity contribution < 1.29 is 9.53 Å². The summed E-state index contributed by atoms with van der Waals surface area (Å²) < 4.78 is 5.60. The highest BCUT2D eigenvalue weighted by Crippen LogP contribution is 2.33. The molecule has 1 aliphatic rings. The van der Waals surface area contributed by atoms with Crippen LogP contribution in [0.3, 0.4) is 0 Å². The van der Waals surface area contributed by atoms with E-state index in [0.717, 1.165) is 29.3 Å². The molecule has 0 saturated carbocycles. The number of benzene rings is 2. The van der Waals surface area contributed by atoms with Crippen molar-refractivity contribution in [2.24, 2.45) is 0 Å². The summed E-state index contributed by atoms with van der Waals surface area (Å²) in [5, 5.41) is 3.01. The second-order valence-electron chi connectivity index (χ2n) is 5.56. The van der Waals surface area contributed by atoms with E-state index in [1.54, 1.807) is 0 Å². The van der Waals surface area contributed by atoms with E-state index in [-0.39, 0.29) is 5.91 Å². The van der Waals surface area contributed by atoms with E-state index in [0.29, 0.717) is 19.7 Å². The maximum atomic E-state index is 12.4. The van der Waals surface area contributed by atoms with Crippen LogP contribution in [0.25, 0.3) is 0 Å². The van der Waals surface area contributed by atoms with Crippen molar-refractivity contribution in [1.82, 2.24) is 5.32 Å². The molecular formula is C19H22N2O2S. The standard InChI is InChI=1S/C19H22N2O2S/c1-2-23-17-9-5-3-7-15(17)13-20-19(22)14-21-11-12-24-18-10-6-4-8-16(18)21/h3-10H,2,11-14H2,1H3,(H,20,22). The van der Waals surface area contributed by atoms with Gasteiger partial charge in [-0.1, -0.05) is 30.3 Å². The number of para-hydroxylation sites is 2. The number of anilines is 1. The van der Waals surface area contributed by atoms with Gasteiger partial charge in [-0.15, -0.1) is 11.8 Å². The van der Waals surface area contributed by atoms with Gasteiger partial charge in [0.05, 0.1) is 18.8 Å². The molecule has 126 valence electrons. The molecule has 2 aromatic carbocycles. The highest BCUT2D eigenvalue weighted by atomic mass is 32.2. The summed E-state index contributed by atoms with van der Waals surface area (Å²) in [7, 11) is 0. The Hall–Kier alpha value is -2.14. The van der Waals surface area contributed by atoms with Crippen LogP contribution in [0.1, 0.15) is 12.5 Å². The van der Waals surface area contributed by atoms with E-state index >= 15 is 0 Å². The van der Waals surface area contributed by atoms with Crippen molar-refractivity contribution in [2.45, 2.75) is 18.4 Å². The molecule has 1 amide bonds. The van der Waals surface area contributed by atoms with E-state index < -0.39 is 0 Å². The van der Waals surface area contributed by atoms with Gasteiger partial charge in [0, 0.05) is 29.3 Å². The molecule has 0 saturated heterocycles. The second kappa shape index (κ2) is 8.11. The Morgan fingerprint density at radius 2 is 2.00 bits per heavy atom. The second-order valence-corrected chi connectivity index (χ2v) is 6.69. The molecule has 24 heavy (non-hydrogen) atoms. The Labute approximate surface area is 147 Å². The van der Waals surface area contributed by atoms with E-state index in [2.05, 4.69) is 22.3 Å². The molecule has 1 heterocycles. The van der Waals surface area contributed by atoms with Crippen molar-refractivity contribution >= 4 is 23.4 Å². The summed E-state index contributed by atoms with van der Waals surface area (Å²) in [6, 6.07) is 16.1. The average Bonchev–Trinajstić information content (AvgIpc) is 2.62. The minimum atomic E-state index is 0.0306. The van der Waals surface area contributed by atoms with Crippen LogP contribution in [0.2, 0.25) is 0 Å². The van der Waals surface area contributed by atoms with Gasteiger partial charge in [0.2, 0.25) is 5.91 Å². The van der Waals surface area contributed by atoms with Crippen molar-refractivity contribution in [3.63, 3.8) is 0 Å². The van der Waals surface area contributed by atoms with Crippen LogP contribution in [-0.4, -0.2) is 31.4 Å². The number of hydrogen-bond donors (Lipinski definition) is 1. The smallest absolute Gasteiger partial charge is 0.239 e. The molecule has 1 aliphatic heterocycles. The van der Waals surface area contributed by atoms with Gasteiger partial charge in [-0.05, 0) is 25.1 Å². The Kier molecular flexibility index (Phi) is 5.64. The molecule has 0 fully saturated rings. The normalized spacial score (nSPS) is 13.3. The number of fused-ring (bicyclic) bond motifs is 1. The van der Waals surface area contributed by atoms with Crippen molar-refractivity contribution in [2.75, 3.05) is 30.3 Å². The first-order chi connectivity index (χ1) is 11.8. The number of nitrogens with one attached hydrogen (secondary N) is 1. The zero-order valence-corrected chi connectivity index (χ0v) is 14.6. The number of nitrogens with zero attached hydrogens (tertiary/aromatic N) is 1. The third-order valence-electron chi connectivity index (χ3n) is 3.91. The third-order valence-corrected chi connectivity index (χ3v) is 4.95. The SMILES string of the molecule is CCOc1ccccc1CNC(=O)CN1CCSc2ccccc21. The van der Waals surface area contributed by atoms with Gasteiger partial charge in [0.1, 0.15) is 5.75 Å². The molecule has 2 aromatic rings. The molecule has 0 spiro atoms. The van der Waals surface area contributed by atoms with E-state index in [9.17, 15) is 4.79 Å². The van der Waals surface area contributed by atoms with Gasteiger partial charge in [-0.3, -0.25) is 4.79 Å². The average molecular weight is 342 g/mol. The predicted molar refractivity (Wildman–Crippen MR) is 98.8 cm³/mol. The number of thioether (sulfide) groups is 1. The fourth-order valence-corrected chi connectivity index (χ4v) is 3.81. The summed E-state index contributed by atoms with van der Waals surface area (Å²) in [5.41, 5.74) is 2.15. The van der Waals surface area contributed by atoms with E-state index in [4.69, 9.17) is 4.74 Å². The lowest BCUT2D eigenvalue weighted by Crippen LogP contribution is -2.39. The van der Waals surface area contributed by atoms with Crippen LogP contribution in [0, 0.1) is 0 Å². The lowest BCUT2D eigenvalue weighted by atomic mass is 10.2. The maximum absolute atomic E-state index is 12.4. The summed E-state index contributed by atoms with van der Waals surface area (Å²) in [5.74, 6) is 1.88. The Morgan fingerprint density at radius 3 is 2.88 bits per heavy atom. The molecule has 0 unspecified atom stereocenters. The molecule has 0 aromatic heterocycles. The lowest BCUT2D eigenvalue weighted by Gasteiger charge is -2.30. The summed E-state index contributed by atoms with van der Waals surface area (Å²) in [6.07, 6.45) is 0. The first-order valence-corrected chi connectivity index (χ1v) is 9.20. The largest absolute Gasteiger partial charge is 0.494 e.